The van der Waals surface area contributed by atoms with E-state index in [0.717, 1.165) is 30.5 Å². The van der Waals surface area contributed by atoms with Gasteiger partial charge in [0.1, 0.15) is 17.1 Å². The van der Waals surface area contributed by atoms with Gasteiger partial charge in [-0.1, -0.05) is 0 Å². The number of nitrogens with zero attached hydrogens (tertiary/aromatic N) is 1. The van der Waals surface area contributed by atoms with Crippen molar-refractivity contribution in [3.63, 3.8) is 0 Å². The van der Waals surface area contributed by atoms with Crippen LogP contribution in [-0.2, 0) is 12.8 Å². The van der Waals surface area contributed by atoms with Crippen molar-refractivity contribution in [3.05, 3.63) is 51.4 Å². The number of aryl methyl sites for hydroxylation is 2. The number of hydrogen-bond donors (Lipinski definition) is 1. The molecule has 21 heavy (non-hydrogen) atoms. The summed E-state index contributed by atoms with van der Waals surface area (Å²) in [4.78, 5) is 16.0. The second kappa shape index (κ2) is 5.44. The predicted molar refractivity (Wildman–Crippen MR) is 79.0 cm³/mol. The Labute approximate surface area is 129 Å². The molecule has 0 spiro atoms. The largest absolute Gasteiger partial charge is 0.437 e. The van der Waals surface area contributed by atoms with Crippen molar-refractivity contribution in [2.24, 2.45) is 5.73 Å². The van der Waals surface area contributed by atoms with Gasteiger partial charge in [0.25, 0.3) is 5.91 Å². The highest BCUT2D eigenvalue weighted by Gasteiger charge is 2.21. The lowest BCUT2D eigenvalue weighted by Crippen LogP contribution is -2.14. The van der Waals surface area contributed by atoms with E-state index in [9.17, 15) is 9.18 Å². The van der Waals surface area contributed by atoms with Gasteiger partial charge >= 0.3 is 0 Å². The van der Waals surface area contributed by atoms with E-state index in [0.29, 0.717) is 4.47 Å². The van der Waals surface area contributed by atoms with Crippen LogP contribution in [0.4, 0.5) is 4.39 Å². The fraction of sp³-hybridized carbons (Fsp3) is 0.200. The summed E-state index contributed by atoms with van der Waals surface area (Å²) in [5.74, 6) is -0.674. The second-order valence-electron chi connectivity index (χ2n) is 4.84. The van der Waals surface area contributed by atoms with E-state index in [2.05, 4.69) is 20.9 Å². The summed E-state index contributed by atoms with van der Waals surface area (Å²) < 4.78 is 19.5. The Morgan fingerprint density at radius 3 is 2.90 bits per heavy atom. The average molecular weight is 351 g/mol. The van der Waals surface area contributed by atoms with Gasteiger partial charge in [-0.05, 0) is 59.0 Å². The van der Waals surface area contributed by atoms with Gasteiger partial charge in [-0.3, -0.25) is 4.79 Å². The van der Waals surface area contributed by atoms with Crippen LogP contribution in [0.1, 0.15) is 28.0 Å². The summed E-state index contributed by atoms with van der Waals surface area (Å²) in [6, 6.07) is 5.79. The average Bonchev–Trinajstić information content (AvgIpc) is 2.89. The van der Waals surface area contributed by atoms with E-state index in [1.807, 2.05) is 0 Å². The van der Waals surface area contributed by atoms with Gasteiger partial charge in [0.05, 0.1) is 4.47 Å². The molecule has 1 aliphatic carbocycles. The van der Waals surface area contributed by atoms with E-state index >= 15 is 0 Å². The van der Waals surface area contributed by atoms with E-state index in [4.69, 9.17) is 10.5 Å². The Morgan fingerprint density at radius 1 is 1.33 bits per heavy atom. The molecule has 0 unspecified atom stereocenters. The van der Waals surface area contributed by atoms with E-state index in [-0.39, 0.29) is 17.2 Å². The van der Waals surface area contributed by atoms with Crippen molar-refractivity contribution >= 4 is 21.8 Å². The van der Waals surface area contributed by atoms with Crippen LogP contribution in [-0.4, -0.2) is 10.9 Å². The molecule has 1 aromatic heterocycles. The minimum Gasteiger partial charge on any atom is -0.437 e. The smallest absolute Gasteiger partial charge is 0.254 e. The minimum absolute atomic E-state index is 0.120. The van der Waals surface area contributed by atoms with Gasteiger partial charge in [0.15, 0.2) is 0 Å². The van der Waals surface area contributed by atoms with E-state index in [1.54, 1.807) is 6.07 Å². The van der Waals surface area contributed by atoms with Gasteiger partial charge < -0.3 is 10.5 Å². The zero-order chi connectivity index (χ0) is 15.0. The van der Waals surface area contributed by atoms with Crippen molar-refractivity contribution in [3.8, 4) is 11.6 Å². The molecule has 0 bridgehead atoms. The number of hydrogen-bond acceptors (Lipinski definition) is 3. The van der Waals surface area contributed by atoms with E-state index < -0.39 is 11.7 Å². The molecule has 1 amide bonds. The fourth-order valence-electron chi connectivity index (χ4n) is 2.37. The monoisotopic (exact) mass is 350 g/mol. The molecule has 2 aromatic rings. The molecule has 0 atom stereocenters. The normalized spacial score (nSPS) is 13.0. The third-order valence-electron chi connectivity index (χ3n) is 3.38. The van der Waals surface area contributed by atoms with Crippen molar-refractivity contribution in [1.82, 2.24) is 4.98 Å². The Kier molecular flexibility index (Phi) is 3.63. The zero-order valence-electron chi connectivity index (χ0n) is 11.0. The number of pyridine rings is 1. The molecule has 0 radical (unpaired) electrons. The number of benzene rings is 1. The van der Waals surface area contributed by atoms with Crippen LogP contribution in [0.25, 0.3) is 0 Å². The van der Waals surface area contributed by atoms with Crippen molar-refractivity contribution in [2.75, 3.05) is 0 Å². The first kappa shape index (κ1) is 14.0. The summed E-state index contributed by atoms with van der Waals surface area (Å²) in [7, 11) is 0. The molecule has 3 rings (SSSR count). The molecule has 108 valence electrons. The highest BCUT2D eigenvalue weighted by Crippen LogP contribution is 2.33. The van der Waals surface area contributed by atoms with Crippen LogP contribution in [0.15, 0.2) is 28.7 Å². The van der Waals surface area contributed by atoms with Gasteiger partial charge in [-0.25, -0.2) is 9.37 Å². The quantitative estimate of drug-likeness (QED) is 0.922. The molecular formula is C15H12BrFN2O2. The molecule has 4 nitrogen and oxygen atoms in total. The van der Waals surface area contributed by atoms with Crippen LogP contribution in [0.2, 0.25) is 0 Å². The van der Waals surface area contributed by atoms with Crippen LogP contribution in [0, 0.1) is 5.82 Å². The molecule has 0 aliphatic heterocycles. The van der Waals surface area contributed by atoms with Crippen LogP contribution >= 0.6 is 15.9 Å². The van der Waals surface area contributed by atoms with Gasteiger partial charge in [-0.2, -0.15) is 0 Å². The lowest BCUT2D eigenvalue weighted by Gasteiger charge is -2.11. The highest BCUT2D eigenvalue weighted by atomic mass is 79.9. The molecule has 2 N–H and O–H groups in total. The van der Waals surface area contributed by atoms with Crippen LogP contribution < -0.4 is 10.5 Å². The predicted octanol–water partition coefficient (Wildman–Crippen LogP) is 3.36. The second-order valence-corrected chi connectivity index (χ2v) is 5.70. The first-order valence-electron chi connectivity index (χ1n) is 6.50. The van der Waals surface area contributed by atoms with Gasteiger partial charge in [0.2, 0.25) is 5.88 Å². The number of amides is 1. The zero-order valence-corrected chi connectivity index (χ0v) is 12.6. The van der Waals surface area contributed by atoms with E-state index in [1.165, 1.54) is 18.2 Å². The Balaban J connectivity index is 2.05. The summed E-state index contributed by atoms with van der Waals surface area (Å²) in [6.45, 7) is 0. The molecule has 1 aliphatic rings. The number of ether oxygens (including phenoxy) is 1. The number of rotatable bonds is 3. The topological polar surface area (TPSA) is 65.2 Å². The molecule has 0 fully saturated rings. The Morgan fingerprint density at radius 2 is 2.14 bits per heavy atom. The summed E-state index contributed by atoms with van der Waals surface area (Å²) in [6.07, 6.45) is 2.72. The molecule has 1 heterocycles. The van der Waals surface area contributed by atoms with Crippen LogP contribution in [0.3, 0.4) is 0 Å². The lowest BCUT2D eigenvalue weighted by molar-refractivity contribution is 0.0997. The fourth-order valence-corrected chi connectivity index (χ4v) is 2.69. The number of fused-ring (bicyclic) bond motifs is 1. The number of carbonyl (C=O) groups excluding carboxylic acids is 1. The van der Waals surface area contributed by atoms with Gasteiger partial charge in [-0.15, -0.1) is 0 Å². The molecule has 0 saturated heterocycles. The summed E-state index contributed by atoms with van der Waals surface area (Å²) in [5, 5.41) is 0. The Bertz CT molecular complexity index is 734. The molecule has 1 aromatic carbocycles. The molecular weight excluding hydrogens is 339 g/mol. The maximum Gasteiger partial charge on any atom is 0.254 e. The third-order valence-corrected chi connectivity index (χ3v) is 4.04. The van der Waals surface area contributed by atoms with Crippen molar-refractivity contribution < 1.29 is 13.9 Å². The SMILES string of the molecule is NC(=O)c1cc2c(nc1Oc1cc(F)ccc1Br)CCC2. The minimum atomic E-state index is -0.611. The number of carbonyl (C=O) groups is 1. The number of halogens is 2. The van der Waals surface area contributed by atoms with Crippen molar-refractivity contribution in [2.45, 2.75) is 19.3 Å². The lowest BCUT2D eigenvalue weighted by atomic mass is 10.1. The number of aromatic nitrogens is 1. The number of nitrogens with two attached hydrogens (primary N) is 1. The van der Waals surface area contributed by atoms with Gasteiger partial charge in [0, 0.05) is 11.8 Å². The number of primary amides is 1. The Hall–Kier alpha value is -1.95. The van der Waals surface area contributed by atoms with Crippen LogP contribution in [0.5, 0.6) is 11.6 Å². The first-order chi connectivity index (χ1) is 10.0. The standard InChI is InChI=1S/C15H12BrFN2O2/c16-11-5-4-9(17)7-13(11)21-15-10(14(18)20)6-8-2-1-3-12(8)19-15/h4-7H,1-3H2,(H2,18,20). The summed E-state index contributed by atoms with van der Waals surface area (Å²) >= 11 is 3.28. The first-order valence-corrected chi connectivity index (χ1v) is 7.29. The summed E-state index contributed by atoms with van der Waals surface area (Å²) in [5.41, 5.74) is 7.53. The molecule has 0 saturated carbocycles. The third kappa shape index (κ3) is 2.76. The highest BCUT2D eigenvalue weighted by molar-refractivity contribution is 9.10. The molecule has 6 heteroatoms. The maximum absolute atomic E-state index is 13.3. The van der Waals surface area contributed by atoms with Crippen molar-refractivity contribution in [1.29, 1.82) is 0 Å². The maximum atomic E-state index is 13.3.